The molecule has 1 aliphatic heterocycles. The summed E-state index contributed by atoms with van der Waals surface area (Å²) in [6, 6.07) is 7.51. The lowest BCUT2D eigenvalue weighted by atomic mass is 9.96. The number of urea groups is 1. The summed E-state index contributed by atoms with van der Waals surface area (Å²) in [7, 11) is 1.74. The van der Waals surface area contributed by atoms with Crippen LogP contribution in [-0.4, -0.2) is 76.8 Å². The molecular formula is C28H37FN4O4. The van der Waals surface area contributed by atoms with E-state index in [2.05, 4.69) is 10.3 Å². The lowest BCUT2D eigenvalue weighted by molar-refractivity contribution is 0.0351. The number of amides is 3. The first-order valence-corrected chi connectivity index (χ1v) is 13.1. The largest absolute Gasteiger partial charge is 0.472 e. The van der Waals surface area contributed by atoms with E-state index in [4.69, 9.17) is 4.74 Å². The number of likely N-dealkylation sites (N-methyl/N-ethyl adjacent to an activating group) is 1. The van der Waals surface area contributed by atoms with E-state index in [9.17, 15) is 19.1 Å². The Morgan fingerprint density at radius 1 is 1.27 bits per heavy atom. The summed E-state index contributed by atoms with van der Waals surface area (Å²) < 4.78 is 20.8. The number of halogens is 1. The highest BCUT2D eigenvalue weighted by Crippen LogP contribution is 2.31. The van der Waals surface area contributed by atoms with Gasteiger partial charge >= 0.3 is 6.03 Å². The van der Waals surface area contributed by atoms with Gasteiger partial charge in [-0.05, 0) is 31.9 Å². The van der Waals surface area contributed by atoms with Gasteiger partial charge in [-0.1, -0.05) is 44.4 Å². The number of pyridine rings is 1. The second-order valence-corrected chi connectivity index (χ2v) is 10.3. The Balaban J connectivity index is 1.61. The van der Waals surface area contributed by atoms with Gasteiger partial charge in [-0.2, -0.15) is 0 Å². The van der Waals surface area contributed by atoms with Gasteiger partial charge in [-0.3, -0.25) is 4.79 Å². The monoisotopic (exact) mass is 512 g/mol. The molecule has 3 amide bonds. The van der Waals surface area contributed by atoms with Gasteiger partial charge in [0.15, 0.2) is 0 Å². The number of aliphatic hydroxyl groups is 1. The first-order valence-electron chi connectivity index (χ1n) is 13.1. The maximum Gasteiger partial charge on any atom is 0.317 e. The molecule has 2 N–H and O–H groups in total. The zero-order valence-electron chi connectivity index (χ0n) is 21.8. The molecule has 4 rings (SSSR count). The average molecular weight is 513 g/mol. The Morgan fingerprint density at radius 2 is 2.00 bits per heavy atom. The van der Waals surface area contributed by atoms with Crippen molar-refractivity contribution in [3.8, 4) is 17.0 Å². The standard InChI is InChI=1S/C28H37FN4O4/c1-18-15-33(19(2)17-34)27(35)23-13-20(22-11-7-8-12-24(22)29)14-30-26(23)37-25(18)16-32(3)28(36)31-21-9-5-4-6-10-21/h7-8,11-14,18-19,21,25,34H,4-6,9-10,15-17H2,1-3H3,(H,31,36)/t18-,19-,25-/m1/s1. The van der Waals surface area contributed by atoms with Crippen molar-refractivity contribution in [3.05, 3.63) is 47.9 Å². The van der Waals surface area contributed by atoms with Crippen LogP contribution in [-0.2, 0) is 0 Å². The van der Waals surface area contributed by atoms with Crippen LogP contribution in [0.15, 0.2) is 36.5 Å². The smallest absolute Gasteiger partial charge is 0.317 e. The van der Waals surface area contributed by atoms with Crippen LogP contribution in [0.1, 0.15) is 56.3 Å². The summed E-state index contributed by atoms with van der Waals surface area (Å²) in [6.07, 6.45) is 6.49. The first kappa shape index (κ1) is 26.9. The predicted molar refractivity (Wildman–Crippen MR) is 139 cm³/mol. The number of carbonyl (C=O) groups is 2. The molecule has 1 aliphatic carbocycles. The van der Waals surface area contributed by atoms with Crippen molar-refractivity contribution in [2.75, 3.05) is 26.7 Å². The number of benzene rings is 1. The summed E-state index contributed by atoms with van der Waals surface area (Å²) >= 11 is 0. The van der Waals surface area contributed by atoms with Crippen molar-refractivity contribution in [1.82, 2.24) is 20.1 Å². The molecule has 0 unspecified atom stereocenters. The first-order chi connectivity index (χ1) is 17.8. The fourth-order valence-corrected chi connectivity index (χ4v) is 5.05. The molecule has 9 heteroatoms. The van der Waals surface area contributed by atoms with E-state index in [-0.39, 0.29) is 41.9 Å². The molecule has 1 fully saturated rings. The number of aromatic nitrogens is 1. The Labute approximate surface area is 217 Å². The molecule has 2 aromatic rings. The molecule has 1 saturated carbocycles. The SMILES string of the molecule is C[C@@H]1CN([C@H](C)CO)C(=O)c2cc(-c3ccccc3F)cnc2O[C@@H]1CN(C)C(=O)NC1CCCCC1. The van der Waals surface area contributed by atoms with E-state index in [0.717, 1.165) is 25.7 Å². The predicted octanol–water partition coefficient (Wildman–Crippen LogP) is 4.08. The van der Waals surface area contributed by atoms with E-state index < -0.39 is 18.0 Å². The number of nitrogens with one attached hydrogen (secondary N) is 1. The number of hydrogen-bond acceptors (Lipinski definition) is 5. The molecule has 0 spiro atoms. The molecule has 2 aliphatic rings. The molecule has 8 nitrogen and oxygen atoms in total. The highest BCUT2D eigenvalue weighted by molar-refractivity contribution is 5.98. The van der Waals surface area contributed by atoms with E-state index in [0.29, 0.717) is 24.2 Å². The van der Waals surface area contributed by atoms with Gasteiger partial charge in [0.05, 0.1) is 19.2 Å². The van der Waals surface area contributed by atoms with Crippen LogP contribution in [0.4, 0.5) is 9.18 Å². The molecule has 200 valence electrons. The Hall–Kier alpha value is -3.20. The third-order valence-corrected chi connectivity index (χ3v) is 7.44. The van der Waals surface area contributed by atoms with E-state index in [1.807, 2.05) is 6.92 Å². The summed E-state index contributed by atoms with van der Waals surface area (Å²) in [6.45, 7) is 4.15. The molecule has 0 radical (unpaired) electrons. The lowest BCUT2D eigenvalue weighted by Crippen LogP contribution is -2.52. The summed E-state index contributed by atoms with van der Waals surface area (Å²) in [5.41, 5.74) is 0.991. The minimum atomic E-state index is -0.450. The molecular weight excluding hydrogens is 475 g/mol. The van der Waals surface area contributed by atoms with Gasteiger partial charge in [-0.25, -0.2) is 14.2 Å². The maximum atomic E-state index is 14.5. The van der Waals surface area contributed by atoms with Crippen molar-refractivity contribution in [2.24, 2.45) is 5.92 Å². The van der Waals surface area contributed by atoms with Gasteiger partial charge in [0.2, 0.25) is 5.88 Å². The minimum absolute atomic E-state index is 0.137. The van der Waals surface area contributed by atoms with Crippen LogP contribution in [0.5, 0.6) is 5.88 Å². The van der Waals surface area contributed by atoms with Crippen LogP contribution in [0.2, 0.25) is 0 Å². The van der Waals surface area contributed by atoms with Gasteiger partial charge < -0.3 is 25.0 Å². The third kappa shape index (κ3) is 6.21. The summed E-state index contributed by atoms with van der Waals surface area (Å²) in [5, 5.41) is 13.0. The third-order valence-electron chi connectivity index (χ3n) is 7.44. The Morgan fingerprint density at radius 3 is 2.70 bits per heavy atom. The van der Waals surface area contributed by atoms with Gasteiger partial charge in [0, 0.05) is 42.9 Å². The second kappa shape index (κ2) is 11.9. The van der Waals surface area contributed by atoms with Crippen LogP contribution in [0.25, 0.3) is 11.1 Å². The highest BCUT2D eigenvalue weighted by atomic mass is 19.1. The average Bonchev–Trinajstić information content (AvgIpc) is 2.90. The normalized spacial score (nSPS) is 21.3. The van der Waals surface area contributed by atoms with Crippen molar-refractivity contribution >= 4 is 11.9 Å². The zero-order valence-corrected chi connectivity index (χ0v) is 21.8. The van der Waals surface area contributed by atoms with Crippen molar-refractivity contribution in [2.45, 2.75) is 64.1 Å². The number of carbonyl (C=O) groups excluding carboxylic acids is 2. The highest BCUT2D eigenvalue weighted by Gasteiger charge is 2.35. The quantitative estimate of drug-likeness (QED) is 0.608. The van der Waals surface area contributed by atoms with Crippen LogP contribution < -0.4 is 10.1 Å². The zero-order chi connectivity index (χ0) is 26.5. The van der Waals surface area contributed by atoms with E-state index >= 15 is 0 Å². The molecule has 3 atom stereocenters. The maximum absolute atomic E-state index is 14.5. The van der Waals surface area contributed by atoms with Crippen molar-refractivity contribution in [1.29, 1.82) is 0 Å². The number of hydrogen-bond donors (Lipinski definition) is 2. The van der Waals surface area contributed by atoms with Crippen LogP contribution in [0.3, 0.4) is 0 Å². The number of aliphatic hydroxyl groups excluding tert-OH is 1. The van der Waals surface area contributed by atoms with Crippen molar-refractivity contribution < 1.29 is 23.8 Å². The number of rotatable bonds is 6. The number of ether oxygens (including phenoxy) is 1. The topological polar surface area (TPSA) is 95.0 Å². The van der Waals surface area contributed by atoms with Gasteiger partial charge in [0.1, 0.15) is 17.5 Å². The van der Waals surface area contributed by atoms with Crippen LogP contribution >= 0.6 is 0 Å². The van der Waals surface area contributed by atoms with Crippen molar-refractivity contribution in [3.63, 3.8) is 0 Å². The Kier molecular flexibility index (Phi) is 8.63. The molecule has 37 heavy (non-hydrogen) atoms. The summed E-state index contributed by atoms with van der Waals surface area (Å²) in [5.74, 6) is -0.765. The van der Waals surface area contributed by atoms with Gasteiger partial charge in [0.25, 0.3) is 5.91 Å². The summed E-state index contributed by atoms with van der Waals surface area (Å²) in [4.78, 5) is 34.1. The Bertz CT molecular complexity index is 1110. The second-order valence-electron chi connectivity index (χ2n) is 10.3. The van der Waals surface area contributed by atoms with Gasteiger partial charge in [-0.15, -0.1) is 0 Å². The fourth-order valence-electron chi connectivity index (χ4n) is 5.05. The molecule has 0 bridgehead atoms. The minimum Gasteiger partial charge on any atom is -0.472 e. The van der Waals surface area contributed by atoms with E-state index in [1.54, 1.807) is 48.0 Å². The lowest BCUT2D eigenvalue weighted by Gasteiger charge is -2.38. The molecule has 2 heterocycles. The fraction of sp³-hybridized carbons (Fsp3) is 0.536. The van der Waals surface area contributed by atoms with Crippen LogP contribution in [0, 0.1) is 11.7 Å². The number of fused-ring (bicyclic) bond motifs is 1. The molecule has 1 aromatic carbocycles. The van der Waals surface area contributed by atoms with E-state index in [1.165, 1.54) is 18.7 Å². The molecule has 1 aromatic heterocycles. The number of nitrogens with zero attached hydrogens (tertiary/aromatic N) is 3. The molecule has 0 saturated heterocycles.